The zero-order valence-electron chi connectivity index (χ0n) is 17.2. The molecule has 0 unspecified atom stereocenters. The van der Waals surface area contributed by atoms with Crippen LogP contribution in [0.25, 0.3) is 17.5 Å². The first-order valence-electron chi connectivity index (χ1n) is 10.1. The summed E-state index contributed by atoms with van der Waals surface area (Å²) in [6.07, 6.45) is 6.79. The van der Waals surface area contributed by atoms with Crippen LogP contribution in [0.15, 0.2) is 28.8 Å². The molecule has 4 rings (SSSR count). The van der Waals surface area contributed by atoms with Gasteiger partial charge in [-0.15, -0.1) is 0 Å². The molecule has 8 heteroatoms. The average Bonchev–Trinajstić information content (AvgIpc) is 3.22. The van der Waals surface area contributed by atoms with E-state index in [0.717, 1.165) is 35.6 Å². The standard InChI is InChI=1S/C21H27N5O2S/c1-4-29(27,5-2)25-19-13-20(26-11-12-28-14-15(26)3)24-21(23-19)17-9-10-22-18-8-6-7-16(17)18/h6-7,9-10,13,15H,4-5,8,11-12,14H2,1-3H3/t15-/m1/s1. The molecule has 0 spiro atoms. The third-order valence-electron chi connectivity index (χ3n) is 5.43. The van der Waals surface area contributed by atoms with Crippen molar-refractivity contribution in [1.29, 1.82) is 0 Å². The highest BCUT2D eigenvalue weighted by Gasteiger charge is 2.23. The summed E-state index contributed by atoms with van der Waals surface area (Å²) < 4.78 is 23.2. The SMILES string of the molecule is CCS(=O)(CC)=Nc1cc(N2CCOC[C@H]2C)nc(-c2ccnc3c2C=CC3)n1. The van der Waals surface area contributed by atoms with Gasteiger partial charge in [-0.2, -0.15) is 4.36 Å². The summed E-state index contributed by atoms with van der Waals surface area (Å²) in [4.78, 5) is 16.3. The molecule has 1 aliphatic carbocycles. The van der Waals surface area contributed by atoms with E-state index >= 15 is 0 Å². The Hall–Kier alpha value is -2.32. The lowest BCUT2D eigenvalue weighted by molar-refractivity contribution is 0.0985. The Balaban J connectivity index is 1.88. The molecule has 2 aromatic heterocycles. The van der Waals surface area contributed by atoms with E-state index in [9.17, 15) is 4.21 Å². The van der Waals surface area contributed by atoms with Gasteiger partial charge in [0.15, 0.2) is 11.6 Å². The number of pyridine rings is 1. The lowest BCUT2D eigenvalue weighted by atomic mass is 10.1. The van der Waals surface area contributed by atoms with Gasteiger partial charge in [0.25, 0.3) is 0 Å². The van der Waals surface area contributed by atoms with Gasteiger partial charge in [0.05, 0.1) is 34.7 Å². The molecule has 1 fully saturated rings. The summed E-state index contributed by atoms with van der Waals surface area (Å²) >= 11 is 0. The van der Waals surface area contributed by atoms with Gasteiger partial charge in [-0.3, -0.25) is 4.98 Å². The van der Waals surface area contributed by atoms with E-state index in [4.69, 9.17) is 14.7 Å². The smallest absolute Gasteiger partial charge is 0.167 e. The molecule has 1 atom stereocenters. The third-order valence-corrected chi connectivity index (χ3v) is 7.76. The molecule has 7 nitrogen and oxygen atoms in total. The molecule has 154 valence electrons. The fraction of sp³-hybridized carbons (Fsp3) is 0.476. The van der Waals surface area contributed by atoms with Gasteiger partial charge < -0.3 is 9.64 Å². The Kier molecular flexibility index (Phi) is 5.65. The topological polar surface area (TPSA) is 80.6 Å². The molecule has 2 aliphatic rings. The van der Waals surface area contributed by atoms with Crippen LogP contribution < -0.4 is 4.90 Å². The number of aromatic nitrogens is 3. The third kappa shape index (κ3) is 4.04. The monoisotopic (exact) mass is 413 g/mol. The Morgan fingerprint density at radius 3 is 2.90 bits per heavy atom. The molecule has 0 saturated carbocycles. The second kappa shape index (κ2) is 8.20. The van der Waals surface area contributed by atoms with Crippen LogP contribution in [0.1, 0.15) is 32.0 Å². The molecule has 0 amide bonds. The highest BCUT2D eigenvalue weighted by atomic mass is 32.2. The van der Waals surface area contributed by atoms with Gasteiger partial charge in [0.2, 0.25) is 0 Å². The van der Waals surface area contributed by atoms with E-state index in [1.165, 1.54) is 0 Å². The minimum absolute atomic E-state index is 0.198. The number of allylic oxidation sites excluding steroid dienone is 1. The lowest BCUT2D eigenvalue weighted by Crippen LogP contribution is -2.44. The van der Waals surface area contributed by atoms with Crippen LogP contribution in [0.5, 0.6) is 0 Å². The average molecular weight is 414 g/mol. The predicted molar refractivity (Wildman–Crippen MR) is 117 cm³/mol. The number of anilines is 1. The normalized spacial score (nSPS) is 18.7. The zero-order chi connectivity index (χ0) is 20.4. The van der Waals surface area contributed by atoms with Crippen LogP contribution in [-0.2, 0) is 20.9 Å². The highest BCUT2D eigenvalue weighted by Crippen LogP contribution is 2.32. The van der Waals surface area contributed by atoms with Crippen LogP contribution in [0, 0.1) is 0 Å². The number of hydrogen-bond donors (Lipinski definition) is 0. The summed E-state index contributed by atoms with van der Waals surface area (Å²) in [7, 11) is -2.32. The van der Waals surface area contributed by atoms with Crippen molar-refractivity contribution in [3.05, 3.63) is 35.7 Å². The van der Waals surface area contributed by atoms with Crippen molar-refractivity contribution in [3.63, 3.8) is 0 Å². The second-order valence-electron chi connectivity index (χ2n) is 7.29. The van der Waals surface area contributed by atoms with Crippen LogP contribution in [0.3, 0.4) is 0 Å². The molecule has 0 aromatic carbocycles. The van der Waals surface area contributed by atoms with E-state index in [1.807, 2.05) is 26.0 Å². The molecule has 2 aromatic rings. The van der Waals surface area contributed by atoms with E-state index in [2.05, 4.69) is 33.3 Å². The predicted octanol–water partition coefficient (Wildman–Crippen LogP) is 3.47. The highest BCUT2D eigenvalue weighted by molar-refractivity contribution is 7.93. The maximum atomic E-state index is 13.0. The van der Waals surface area contributed by atoms with Crippen molar-refractivity contribution >= 4 is 27.4 Å². The number of fused-ring (bicyclic) bond motifs is 1. The Labute approximate surface area is 172 Å². The van der Waals surface area contributed by atoms with E-state index < -0.39 is 9.73 Å². The largest absolute Gasteiger partial charge is 0.377 e. The van der Waals surface area contributed by atoms with Crippen molar-refractivity contribution < 1.29 is 8.95 Å². The van der Waals surface area contributed by atoms with Crippen molar-refractivity contribution in [2.75, 3.05) is 36.2 Å². The molecule has 1 aliphatic heterocycles. The first kappa shape index (κ1) is 20.0. The van der Waals surface area contributed by atoms with Gasteiger partial charge >= 0.3 is 0 Å². The van der Waals surface area contributed by atoms with Crippen molar-refractivity contribution in [3.8, 4) is 11.4 Å². The molecule has 29 heavy (non-hydrogen) atoms. The Morgan fingerprint density at radius 2 is 2.14 bits per heavy atom. The first-order chi connectivity index (χ1) is 14.0. The van der Waals surface area contributed by atoms with Gasteiger partial charge in [-0.1, -0.05) is 26.0 Å². The maximum Gasteiger partial charge on any atom is 0.167 e. The summed E-state index contributed by atoms with van der Waals surface area (Å²) in [5, 5.41) is 0. The first-order valence-corrected chi connectivity index (χ1v) is 12.0. The summed E-state index contributed by atoms with van der Waals surface area (Å²) in [5.41, 5.74) is 3.01. The van der Waals surface area contributed by atoms with Gasteiger partial charge in [0.1, 0.15) is 5.82 Å². The van der Waals surface area contributed by atoms with E-state index in [1.54, 1.807) is 6.20 Å². The maximum absolute atomic E-state index is 13.0. The number of rotatable bonds is 5. The van der Waals surface area contributed by atoms with E-state index in [-0.39, 0.29) is 6.04 Å². The number of nitrogens with zero attached hydrogens (tertiary/aromatic N) is 5. The quantitative estimate of drug-likeness (QED) is 0.747. The number of morpholine rings is 1. The molecular weight excluding hydrogens is 386 g/mol. The Bertz CT molecular complexity index is 1050. The Morgan fingerprint density at radius 1 is 1.31 bits per heavy atom. The van der Waals surface area contributed by atoms with Crippen molar-refractivity contribution in [2.24, 2.45) is 4.36 Å². The lowest BCUT2D eigenvalue weighted by Gasteiger charge is -2.34. The number of hydrogen-bond acceptors (Lipinski definition) is 7. The fourth-order valence-electron chi connectivity index (χ4n) is 3.66. The van der Waals surface area contributed by atoms with E-state index in [0.29, 0.717) is 36.4 Å². The fourth-order valence-corrected chi connectivity index (χ4v) is 4.76. The van der Waals surface area contributed by atoms with Crippen LogP contribution >= 0.6 is 0 Å². The molecule has 1 saturated heterocycles. The summed E-state index contributed by atoms with van der Waals surface area (Å²) in [6, 6.07) is 3.99. The van der Waals surface area contributed by atoms with Gasteiger partial charge in [0, 0.05) is 47.9 Å². The second-order valence-corrected chi connectivity index (χ2v) is 10.2. The number of ether oxygens (including phenoxy) is 1. The van der Waals surface area contributed by atoms with Crippen LogP contribution in [-0.4, -0.2) is 56.5 Å². The van der Waals surface area contributed by atoms with Crippen LogP contribution in [0.4, 0.5) is 11.6 Å². The molecule has 0 bridgehead atoms. The molecule has 0 N–H and O–H groups in total. The minimum Gasteiger partial charge on any atom is -0.377 e. The van der Waals surface area contributed by atoms with Gasteiger partial charge in [-0.05, 0) is 13.0 Å². The minimum atomic E-state index is -2.32. The molecule has 3 heterocycles. The van der Waals surface area contributed by atoms with Crippen LogP contribution in [0.2, 0.25) is 0 Å². The summed E-state index contributed by atoms with van der Waals surface area (Å²) in [6.45, 7) is 7.99. The summed E-state index contributed by atoms with van der Waals surface area (Å²) in [5.74, 6) is 2.87. The molecule has 0 radical (unpaired) electrons. The molecular formula is C21H27N5O2S. The zero-order valence-corrected chi connectivity index (χ0v) is 18.0. The van der Waals surface area contributed by atoms with Gasteiger partial charge in [-0.25, -0.2) is 14.2 Å². The van der Waals surface area contributed by atoms with Crippen molar-refractivity contribution in [1.82, 2.24) is 15.0 Å². The van der Waals surface area contributed by atoms with Crippen molar-refractivity contribution in [2.45, 2.75) is 33.2 Å².